The van der Waals surface area contributed by atoms with Crippen LogP contribution in [0.5, 0.6) is 0 Å². The molecular formula is C9H12N2O. The van der Waals surface area contributed by atoms with Crippen LogP contribution in [-0.4, -0.2) is 15.6 Å². The minimum absolute atomic E-state index is 0.380. The van der Waals surface area contributed by atoms with E-state index in [1.807, 2.05) is 19.3 Å². The lowest BCUT2D eigenvalue weighted by Crippen LogP contribution is -1.97. The van der Waals surface area contributed by atoms with Gasteiger partial charge in [-0.15, -0.1) is 0 Å². The molecule has 1 aliphatic carbocycles. The Balaban J connectivity index is 2.15. The average Bonchev–Trinajstić information content (AvgIpc) is 2.58. The number of aromatic nitrogens is 2. The lowest BCUT2D eigenvalue weighted by Gasteiger charge is -2.01. The first-order valence-corrected chi connectivity index (χ1v) is 4.27. The molecule has 1 aliphatic rings. The summed E-state index contributed by atoms with van der Waals surface area (Å²) in [7, 11) is 1.90. The SMILES string of the molecule is Cn1ccc(C2CCC(=O)C2)n1. The summed E-state index contributed by atoms with van der Waals surface area (Å²) in [6, 6.07) is 2.00. The Kier molecular flexibility index (Phi) is 1.71. The molecule has 1 heterocycles. The van der Waals surface area contributed by atoms with Crippen LogP contribution in [0.15, 0.2) is 12.3 Å². The minimum Gasteiger partial charge on any atom is -0.300 e. The van der Waals surface area contributed by atoms with Gasteiger partial charge in [-0.1, -0.05) is 0 Å². The highest BCUT2D eigenvalue weighted by molar-refractivity contribution is 5.81. The molecule has 2 rings (SSSR count). The molecule has 0 aromatic carbocycles. The Morgan fingerprint density at radius 1 is 1.67 bits per heavy atom. The quantitative estimate of drug-likeness (QED) is 0.626. The van der Waals surface area contributed by atoms with Crippen LogP contribution in [0.25, 0.3) is 0 Å². The van der Waals surface area contributed by atoms with Crippen LogP contribution in [0.3, 0.4) is 0 Å². The highest BCUT2D eigenvalue weighted by Crippen LogP contribution is 2.30. The fourth-order valence-corrected chi connectivity index (χ4v) is 1.72. The van der Waals surface area contributed by atoms with Gasteiger partial charge in [-0.2, -0.15) is 5.10 Å². The van der Waals surface area contributed by atoms with E-state index in [1.165, 1.54) is 0 Å². The van der Waals surface area contributed by atoms with Crippen molar-refractivity contribution < 1.29 is 4.79 Å². The lowest BCUT2D eigenvalue weighted by atomic mass is 10.1. The number of hydrogen-bond acceptors (Lipinski definition) is 2. The van der Waals surface area contributed by atoms with Gasteiger partial charge in [0.05, 0.1) is 5.69 Å². The van der Waals surface area contributed by atoms with Gasteiger partial charge < -0.3 is 0 Å². The van der Waals surface area contributed by atoms with Gasteiger partial charge in [-0.3, -0.25) is 9.48 Å². The molecule has 1 fully saturated rings. The van der Waals surface area contributed by atoms with Crippen LogP contribution in [0.4, 0.5) is 0 Å². The summed E-state index contributed by atoms with van der Waals surface area (Å²) < 4.78 is 1.79. The third-order valence-corrected chi connectivity index (χ3v) is 2.40. The normalized spacial score (nSPS) is 23.4. The molecule has 0 N–H and O–H groups in total. The van der Waals surface area contributed by atoms with Crippen LogP contribution >= 0.6 is 0 Å². The Bertz CT molecular complexity index is 303. The van der Waals surface area contributed by atoms with E-state index in [9.17, 15) is 4.79 Å². The molecule has 0 radical (unpaired) electrons. The first-order chi connectivity index (χ1) is 5.75. The molecule has 0 saturated heterocycles. The molecule has 0 amide bonds. The van der Waals surface area contributed by atoms with E-state index in [4.69, 9.17) is 0 Å². The van der Waals surface area contributed by atoms with Gasteiger partial charge in [-0.25, -0.2) is 0 Å². The third kappa shape index (κ3) is 1.26. The van der Waals surface area contributed by atoms with Gasteiger partial charge in [0.2, 0.25) is 0 Å². The molecule has 1 saturated carbocycles. The Labute approximate surface area is 71.4 Å². The molecule has 0 bridgehead atoms. The van der Waals surface area contributed by atoms with Crippen molar-refractivity contribution in [1.29, 1.82) is 0 Å². The van der Waals surface area contributed by atoms with Crippen LogP contribution in [0, 0.1) is 0 Å². The van der Waals surface area contributed by atoms with Crippen molar-refractivity contribution in [3.8, 4) is 0 Å². The topological polar surface area (TPSA) is 34.9 Å². The number of carbonyl (C=O) groups excluding carboxylic acids is 1. The van der Waals surface area contributed by atoms with E-state index in [0.717, 1.165) is 18.5 Å². The monoisotopic (exact) mass is 164 g/mol. The second-order valence-corrected chi connectivity index (χ2v) is 3.39. The van der Waals surface area contributed by atoms with Crippen LogP contribution in [0.2, 0.25) is 0 Å². The van der Waals surface area contributed by atoms with Crippen molar-refractivity contribution in [3.63, 3.8) is 0 Å². The maximum absolute atomic E-state index is 11.0. The van der Waals surface area contributed by atoms with Gasteiger partial charge in [0.1, 0.15) is 5.78 Å². The van der Waals surface area contributed by atoms with Gasteiger partial charge in [0.15, 0.2) is 0 Å². The van der Waals surface area contributed by atoms with E-state index in [2.05, 4.69) is 5.10 Å². The number of carbonyl (C=O) groups is 1. The molecule has 0 spiro atoms. The summed E-state index contributed by atoms with van der Waals surface area (Å²) in [6.07, 6.45) is 4.34. The van der Waals surface area contributed by atoms with Crippen molar-refractivity contribution in [2.45, 2.75) is 25.2 Å². The van der Waals surface area contributed by atoms with Gasteiger partial charge in [0, 0.05) is 32.0 Å². The largest absolute Gasteiger partial charge is 0.300 e. The highest BCUT2D eigenvalue weighted by atomic mass is 16.1. The molecular weight excluding hydrogens is 152 g/mol. The second-order valence-electron chi connectivity index (χ2n) is 3.39. The average molecular weight is 164 g/mol. The van der Waals surface area contributed by atoms with E-state index >= 15 is 0 Å². The summed E-state index contributed by atoms with van der Waals surface area (Å²) >= 11 is 0. The van der Waals surface area contributed by atoms with Crippen molar-refractivity contribution in [1.82, 2.24) is 9.78 Å². The molecule has 3 nitrogen and oxygen atoms in total. The van der Waals surface area contributed by atoms with Crippen LogP contribution in [-0.2, 0) is 11.8 Å². The Morgan fingerprint density at radius 3 is 3.00 bits per heavy atom. The molecule has 0 aliphatic heterocycles. The molecule has 1 atom stereocenters. The highest BCUT2D eigenvalue weighted by Gasteiger charge is 2.24. The van der Waals surface area contributed by atoms with Crippen LogP contribution < -0.4 is 0 Å². The van der Waals surface area contributed by atoms with Gasteiger partial charge in [0.25, 0.3) is 0 Å². The molecule has 3 heteroatoms. The first kappa shape index (κ1) is 7.53. The fraction of sp³-hybridized carbons (Fsp3) is 0.556. The smallest absolute Gasteiger partial charge is 0.133 e. The zero-order valence-electron chi connectivity index (χ0n) is 7.16. The molecule has 1 aromatic heterocycles. The number of rotatable bonds is 1. The Morgan fingerprint density at radius 2 is 2.50 bits per heavy atom. The van der Waals surface area contributed by atoms with Crippen molar-refractivity contribution in [3.05, 3.63) is 18.0 Å². The van der Waals surface area contributed by atoms with Crippen molar-refractivity contribution in [2.75, 3.05) is 0 Å². The summed E-state index contributed by atoms with van der Waals surface area (Å²) in [4.78, 5) is 11.0. The summed E-state index contributed by atoms with van der Waals surface area (Å²) in [5, 5.41) is 4.29. The predicted molar refractivity (Wildman–Crippen MR) is 44.8 cm³/mol. The van der Waals surface area contributed by atoms with Crippen molar-refractivity contribution >= 4 is 5.78 Å². The molecule has 1 aromatic rings. The maximum atomic E-state index is 11.0. The third-order valence-electron chi connectivity index (χ3n) is 2.40. The number of nitrogens with zero attached hydrogens (tertiary/aromatic N) is 2. The molecule has 12 heavy (non-hydrogen) atoms. The number of ketones is 1. The first-order valence-electron chi connectivity index (χ1n) is 4.27. The number of hydrogen-bond donors (Lipinski definition) is 0. The van der Waals surface area contributed by atoms with E-state index < -0.39 is 0 Å². The Hall–Kier alpha value is -1.12. The fourth-order valence-electron chi connectivity index (χ4n) is 1.72. The summed E-state index contributed by atoms with van der Waals surface area (Å²) in [5.41, 5.74) is 1.07. The van der Waals surface area contributed by atoms with Gasteiger partial charge in [-0.05, 0) is 12.5 Å². The summed E-state index contributed by atoms with van der Waals surface area (Å²) in [5.74, 6) is 0.768. The second kappa shape index (κ2) is 2.73. The lowest BCUT2D eigenvalue weighted by molar-refractivity contribution is -0.117. The minimum atomic E-state index is 0.380. The zero-order chi connectivity index (χ0) is 8.55. The van der Waals surface area contributed by atoms with E-state index in [0.29, 0.717) is 18.1 Å². The van der Waals surface area contributed by atoms with E-state index in [1.54, 1.807) is 4.68 Å². The van der Waals surface area contributed by atoms with E-state index in [-0.39, 0.29) is 0 Å². The number of Topliss-reactive ketones (excluding diaryl/α,β-unsaturated/α-hetero) is 1. The predicted octanol–water partition coefficient (Wildman–Crippen LogP) is 1.26. The van der Waals surface area contributed by atoms with Crippen molar-refractivity contribution in [2.24, 2.45) is 7.05 Å². The van der Waals surface area contributed by atoms with Gasteiger partial charge >= 0.3 is 0 Å². The molecule has 64 valence electrons. The summed E-state index contributed by atoms with van der Waals surface area (Å²) in [6.45, 7) is 0. The number of aryl methyl sites for hydroxylation is 1. The zero-order valence-corrected chi connectivity index (χ0v) is 7.16. The van der Waals surface area contributed by atoms with Crippen LogP contribution in [0.1, 0.15) is 30.9 Å². The molecule has 1 unspecified atom stereocenters. The maximum Gasteiger partial charge on any atom is 0.133 e. The standard InChI is InChI=1S/C9H12N2O/c1-11-5-4-9(10-11)7-2-3-8(12)6-7/h4-5,7H,2-3,6H2,1H3.